The molecule has 0 spiro atoms. The van der Waals surface area contributed by atoms with Gasteiger partial charge in [-0.05, 0) is 57.9 Å². The van der Waals surface area contributed by atoms with Crippen molar-refractivity contribution >= 4 is 17.4 Å². The zero-order valence-electron chi connectivity index (χ0n) is 20.1. The van der Waals surface area contributed by atoms with Gasteiger partial charge in [0.1, 0.15) is 5.60 Å². The average Bonchev–Trinajstić information content (AvgIpc) is 3.12. The second kappa shape index (κ2) is 7.94. The van der Waals surface area contributed by atoms with Crippen molar-refractivity contribution in [3.8, 4) is 11.5 Å². The monoisotopic (exact) mass is 456 g/mol. The topological polar surface area (TPSA) is 85.7 Å². The highest BCUT2D eigenvalue weighted by Crippen LogP contribution is 2.47. The van der Waals surface area contributed by atoms with Crippen LogP contribution >= 0.6 is 0 Å². The Balaban J connectivity index is 1.54. The standard InChI is InChI=1S/C27H28N4O3/c1-26(2)13-18-12-20(33-5)24-19(14-27(3,4)34-24)22(18)23(31-26)16-6-8-17(9-7-16)25(32)30-21-15-28-10-11-29-21/h6-12,15H,13-14H2,1-5H3,(H,29,30,32). The predicted octanol–water partition coefficient (Wildman–Crippen LogP) is 4.62. The number of aliphatic imine (C=N–C) groups is 1. The van der Waals surface area contributed by atoms with Gasteiger partial charge in [0.05, 0.1) is 24.6 Å². The van der Waals surface area contributed by atoms with Crippen molar-refractivity contribution in [2.45, 2.75) is 51.7 Å². The summed E-state index contributed by atoms with van der Waals surface area (Å²) in [5.41, 5.74) is 5.31. The summed E-state index contributed by atoms with van der Waals surface area (Å²) in [6, 6.07) is 9.62. The van der Waals surface area contributed by atoms with Crippen molar-refractivity contribution in [2.24, 2.45) is 4.99 Å². The number of carbonyl (C=O) groups is 1. The van der Waals surface area contributed by atoms with Gasteiger partial charge in [-0.3, -0.25) is 14.8 Å². The van der Waals surface area contributed by atoms with E-state index < -0.39 is 0 Å². The number of aromatic nitrogens is 2. The van der Waals surface area contributed by atoms with Crippen LogP contribution in [0.3, 0.4) is 0 Å². The van der Waals surface area contributed by atoms with Crippen LogP contribution in [-0.2, 0) is 12.8 Å². The van der Waals surface area contributed by atoms with Gasteiger partial charge in [-0.15, -0.1) is 0 Å². The SMILES string of the molecule is COc1cc2c(c3c1OC(C)(C)C3)C(c1ccc(C(=O)Nc3cnccn3)cc1)=NC(C)(C)C2. The minimum absolute atomic E-state index is 0.237. The molecule has 3 heterocycles. The van der Waals surface area contributed by atoms with Crippen LogP contribution in [0.5, 0.6) is 11.5 Å². The molecule has 0 radical (unpaired) electrons. The molecule has 3 aromatic rings. The van der Waals surface area contributed by atoms with Gasteiger partial charge in [0.15, 0.2) is 17.3 Å². The predicted molar refractivity (Wildman–Crippen MR) is 131 cm³/mol. The highest BCUT2D eigenvalue weighted by Gasteiger charge is 2.39. The van der Waals surface area contributed by atoms with Crippen LogP contribution in [0, 0.1) is 0 Å². The van der Waals surface area contributed by atoms with Crippen molar-refractivity contribution in [2.75, 3.05) is 12.4 Å². The first-order valence-corrected chi connectivity index (χ1v) is 11.4. The lowest BCUT2D eigenvalue weighted by Crippen LogP contribution is -2.30. The Morgan fingerprint density at radius 1 is 1.09 bits per heavy atom. The summed E-state index contributed by atoms with van der Waals surface area (Å²) in [6.07, 6.45) is 6.21. The van der Waals surface area contributed by atoms with Crippen molar-refractivity contribution in [1.29, 1.82) is 0 Å². The Morgan fingerprint density at radius 2 is 1.85 bits per heavy atom. The zero-order chi connectivity index (χ0) is 24.1. The molecule has 5 rings (SSSR count). The van der Waals surface area contributed by atoms with E-state index in [0.29, 0.717) is 11.4 Å². The fourth-order valence-electron chi connectivity index (χ4n) is 4.76. The molecule has 2 aliphatic heterocycles. The zero-order valence-corrected chi connectivity index (χ0v) is 20.1. The van der Waals surface area contributed by atoms with Gasteiger partial charge in [-0.1, -0.05) is 12.1 Å². The third-order valence-corrected chi connectivity index (χ3v) is 6.13. The van der Waals surface area contributed by atoms with Gasteiger partial charge >= 0.3 is 0 Å². The van der Waals surface area contributed by atoms with Crippen molar-refractivity contribution in [3.05, 3.63) is 76.7 Å². The molecule has 174 valence electrons. The molecule has 7 heteroatoms. The van der Waals surface area contributed by atoms with E-state index in [9.17, 15) is 4.79 Å². The molecule has 34 heavy (non-hydrogen) atoms. The smallest absolute Gasteiger partial charge is 0.256 e. The van der Waals surface area contributed by atoms with Crippen molar-refractivity contribution < 1.29 is 14.3 Å². The lowest BCUT2D eigenvalue weighted by Gasteiger charge is -2.31. The number of methoxy groups -OCH3 is 1. The lowest BCUT2D eigenvalue weighted by atomic mass is 9.81. The molecule has 0 saturated carbocycles. The summed E-state index contributed by atoms with van der Waals surface area (Å²) in [5, 5.41) is 2.77. The number of ether oxygens (including phenoxy) is 2. The minimum Gasteiger partial charge on any atom is -0.493 e. The molecule has 0 aliphatic carbocycles. The molecule has 1 amide bonds. The number of nitrogens with zero attached hydrogens (tertiary/aromatic N) is 3. The average molecular weight is 457 g/mol. The molecule has 0 fully saturated rings. The molecule has 7 nitrogen and oxygen atoms in total. The van der Waals surface area contributed by atoms with E-state index in [1.54, 1.807) is 13.3 Å². The maximum absolute atomic E-state index is 12.7. The first-order chi connectivity index (χ1) is 16.2. The Bertz CT molecular complexity index is 1300. The number of amides is 1. The molecule has 0 saturated heterocycles. The second-order valence-corrected chi connectivity index (χ2v) is 10.0. The van der Waals surface area contributed by atoms with Crippen LogP contribution in [-0.4, -0.2) is 39.8 Å². The maximum atomic E-state index is 12.7. The quantitative estimate of drug-likeness (QED) is 0.619. The second-order valence-electron chi connectivity index (χ2n) is 10.0. The molecular weight excluding hydrogens is 428 g/mol. The molecular formula is C27H28N4O3. The number of nitrogens with one attached hydrogen (secondary N) is 1. The number of fused-ring (bicyclic) bond motifs is 3. The summed E-state index contributed by atoms with van der Waals surface area (Å²) >= 11 is 0. The molecule has 2 aliphatic rings. The van der Waals surface area contributed by atoms with E-state index in [-0.39, 0.29) is 17.0 Å². The Labute approximate surface area is 199 Å². The molecule has 0 unspecified atom stereocenters. The summed E-state index contributed by atoms with van der Waals surface area (Å²) in [7, 11) is 1.68. The third-order valence-electron chi connectivity index (χ3n) is 6.13. The van der Waals surface area contributed by atoms with Gasteiger partial charge in [0.25, 0.3) is 5.91 Å². The van der Waals surface area contributed by atoms with Crippen molar-refractivity contribution in [1.82, 2.24) is 9.97 Å². The molecule has 0 bridgehead atoms. The number of rotatable bonds is 4. The lowest BCUT2D eigenvalue weighted by molar-refractivity contribution is 0.102. The maximum Gasteiger partial charge on any atom is 0.256 e. The number of carbonyl (C=O) groups excluding carboxylic acids is 1. The number of hydrogen-bond acceptors (Lipinski definition) is 6. The van der Waals surface area contributed by atoms with Crippen LogP contribution in [0.15, 0.2) is 53.9 Å². The summed E-state index contributed by atoms with van der Waals surface area (Å²) in [5.74, 6) is 1.75. The van der Waals surface area contributed by atoms with Gasteiger partial charge in [-0.25, -0.2) is 4.98 Å². The minimum atomic E-state index is -0.314. The van der Waals surface area contributed by atoms with Crippen LogP contribution in [0.1, 0.15) is 60.3 Å². The van der Waals surface area contributed by atoms with Crippen molar-refractivity contribution in [3.63, 3.8) is 0 Å². The van der Waals surface area contributed by atoms with Crippen LogP contribution < -0.4 is 14.8 Å². The molecule has 0 atom stereocenters. The number of anilines is 1. The summed E-state index contributed by atoms with van der Waals surface area (Å²) in [4.78, 5) is 25.9. The first kappa shape index (κ1) is 22.1. The van der Waals surface area contributed by atoms with E-state index in [1.165, 1.54) is 18.0 Å². The Morgan fingerprint density at radius 3 is 2.53 bits per heavy atom. The van der Waals surface area contributed by atoms with Gasteiger partial charge in [-0.2, -0.15) is 0 Å². The van der Waals surface area contributed by atoms with Crippen LogP contribution in [0.25, 0.3) is 0 Å². The largest absolute Gasteiger partial charge is 0.493 e. The molecule has 1 N–H and O–H groups in total. The van der Waals surface area contributed by atoms with E-state index in [0.717, 1.165) is 46.7 Å². The number of hydrogen-bond donors (Lipinski definition) is 1. The van der Waals surface area contributed by atoms with Gasteiger partial charge in [0, 0.05) is 41.1 Å². The molecule has 1 aromatic heterocycles. The van der Waals surface area contributed by atoms with E-state index >= 15 is 0 Å². The Hall–Kier alpha value is -3.74. The fourth-order valence-corrected chi connectivity index (χ4v) is 4.76. The normalized spacial score (nSPS) is 17.1. The first-order valence-electron chi connectivity index (χ1n) is 11.4. The third kappa shape index (κ3) is 4.02. The van der Waals surface area contributed by atoms with Crippen LogP contribution in [0.2, 0.25) is 0 Å². The summed E-state index contributed by atoms with van der Waals surface area (Å²) in [6.45, 7) is 8.46. The van der Waals surface area contributed by atoms with Gasteiger partial charge in [0.2, 0.25) is 0 Å². The summed E-state index contributed by atoms with van der Waals surface area (Å²) < 4.78 is 12.0. The Kier molecular flexibility index (Phi) is 5.15. The van der Waals surface area contributed by atoms with Crippen LogP contribution in [0.4, 0.5) is 5.82 Å². The highest BCUT2D eigenvalue weighted by atomic mass is 16.5. The van der Waals surface area contributed by atoms with E-state index in [2.05, 4.69) is 49.0 Å². The number of benzene rings is 2. The van der Waals surface area contributed by atoms with Gasteiger partial charge < -0.3 is 14.8 Å². The van der Waals surface area contributed by atoms with E-state index in [4.69, 9.17) is 14.5 Å². The fraction of sp³-hybridized carbons (Fsp3) is 0.333. The molecule has 2 aromatic carbocycles. The van der Waals surface area contributed by atoms with E-state index in [1.807, 2.05) is 24.3 Å². The highest BCUT2D eigenvalue weighted by molar-refractivity contribution is 6.16.